The summed E-state index contributed by atoms with van der Waals surface area (Å²) in [6.45, 7) is 9.17. The first-order valence-electron chi connectivity index (χ1n) is 10.2. The van der Waals surface area contributed by atoms with Gasteiger partial charge in [0.25, 0.3) is 0 Å². The average molecular weight is 372 g/mol. The van der Waals surface area contributed by atoms with Crippen LogP contribution in [0.3, 0.4) is 0 Å². The minimum absolute atomic E-state index is 0.0238. The first kappa shape index (κ1) is 19.9. The molecule has 0 saturated heterocycles. The predicted molar refractivity (Wildman–Crippen MR) is 107 cm³/mol. The highest BCUT2D eigenvalue weighted by atomic mass is 16.6. The molecule has 0 radical (unpaired) electrons. The van der Waals surface area contributed by atoms with Gasteiger partial charge in [0.05, 0.1) is 12.1 Å². The third-order valence-corrected chi connectivity index (χ3v) is 7.24. The van der Waals surface area contributed by atoms with Crippen LogP contribution in [0.25, 0.3) is 0 Å². The second-order valence-electron chi connectivity index (χ2n) is 8.71. The monoisotopic (exact) mass is 371 g/mol. The van der Waals surface area contributed by atoms with E-state index in [1.54, 1.807) is 0 Å². The van der Waals surface area contributed by atoms with E-state index in [0.29, 0.717) is 29.4 Å². The van der Waals surface area contributed by atoms with Crippen LogP contribution in [0.4, 0.5) is 0 Å². The summed E-state index contributed by atoms with van der Waals surface area (Å²) in [5.74, 6) is 2.32. The number of hydrogen-bond donors (Lipinski definition) is 0. The number of esters is 1. The van der Waals surface area contributed by atoms with Gasteiger partial charge in [-0.05, 0) is 48.5 Å². The molecule has 1 aromatic carbocycles. The molecule has 3 rings (SSSR count). The second-order valence-corrected chi connectivity index (χ2v) is 8.71. The van der Waals surface area contributed by atoms with Crippen LogP contribution in [-0.4, -0.2) is 24.9 Å². The van der Waals surface area contributed by atoms with E-state index in [2.05, 4.69) is 32.9 Å². The molecule has 0 heterocycles. The van der Waals surface area contributed by atoms with Crippen LogP contribution in [0.15, 0.2) is 35.5 Å². The maximum absolute atomic E-state index is 12.8. The molecule has 4 nitrogen and oxygen atoms in total. The molecule has 0 amide bonds. The molecule has 1 aromatic rings. The molecule has 4 heteroatoms. The standard InChI is InChI=1S/C23H33NO3/c1-15(2)19-11-12-23(16(3)17(23)4)21(13-19)27-22(25)14-20(24-26-5)18-9-7-6-8-10-18/h6-10,15-17,19,21H,11-14H2,1-5H3/b24-20-/t16?,17?,19-,21?,23?/m1/s1. The van der Waals surface area contributed by atoms with Gasteiger partial charge in [-0.25, -0.2) is 0 Å². The lowest BCUT2D eigenvalue weighted by molar-refractivity contribution is -0.156. The number of carbonyl (C=O) groups excluding carboxylic acids is 1. The fourth-order valence-corrected chi connectivity index (χ4v) is 5.17. The van der Waals surface area contributed by atoms with Crippen molar-refractivity contribution in [3.63, 3.8) is 0 Å². The Morgan fingerprint density at radius 2 is 1.89 bits per heavy atom. The van der Waals surface area contributed by atoms with Crippen molar-refractivity contribution in [3.8, 4) is 0 Å². The van der Waals surface area contributed by atoms with Crippen LogP contribution < -0.4 is 0 Å². The normalized spacial score (nSPS) is 33.2. The summed E-state index contributed by atoms with van der Waals surface area (Å²) >= 11 is 0. The van der Waals surface area contributed by atoms with Crippen LogP contribution in [0, 0.1) is 29.1 Å². The Balaban J connectivity index is 1.71. The number of carbonyl (C=O) groups is 1. The fraction of sp³-hybridized carbons (Fsp3) is 0.652. The molecule has 2 aliphatic carbocycles. The van der Waals surface area contributed by atoms with Crippen LogP contribution >= 0.6 is 0 Å². The minimum Gasteiger partial charge on any atom is -0.461 e. The van der Waals surface area contributed by atoms with Crippen molar-refractivity contribution in [2.24, 2.45) is 34.2 Å². The van der Waals surface area contributed by atoms with Crippen LogP contribution in [0.1, 0.15) is 58.9 Å². The van der Waals surface area contributed by atoms with E-state index in [-0.39, 0.29) is 23.9 Å². The molecule has 3 unspecified atom stereocenters. The van der Waals surface area contributed by atoms with E-state index in [1.807, 2.05) is 30.3 Å². The van der Waals surface area contributed by atoms with Gasteiger partial charge in [-0.1, -0.05) is 63.2 Å². The van der Waals surface area contributed by atoms with Gasteiger partial charge in [-0.2, -0.15) is 0 Å². The molecule has 148 valence electrons. The summed E-state index contributed by atoms with van der Waals surface area (Å²) < 4.78 is 6.11. The third kappa shape index (κ3) is 3.90. The third-order valence-electron chi connectivity index (χ3n) is 7.24. The highest BCUT2D eigenvalue weighted by Crippen LogP contribution is 2.67. The molecule has 2 aliphatic rings. The molecule has 4 atom stereocenters. The summed E-state index contributed by atoms with van der Waals surface area (Å²) in [6.07, 6.45) is 3.57. The van der Waals surface area contributed by atoms with E-state index in [1.165, 1.54) is 20.0 Å². The maximum Gasteiger partial charge on any atom is 0.312 e. The number of rotatable bonds is 6. The lowest BCUT2D eigenvalue weighted by atomic mass is 9.71. The van der Waals surface area contributed by atoms with Crippen molar-refractivity contribution in [1.29, 1.82) is 0 Å². The first-order chi connectivity index (χ1) is 12.9. The van der Waals surface area contributed by atoms with Crippen LogP contribution in [-0.2, 0) is 14.4 Å². The maximum atomic E-state index is 12.8. The van der Waals surface area contributed by atoms with Crippen molar-refractivity contribution < 1.29 is 14.4 Å². The Kier molecular flexibility index (Phi) is 5.92. The number of oxime groups is 1. The average Bonchev–Trinajstić information content (AvgIpc) is 3.17. The molecule has 2 fully saturated rings. The van der Waals surface area contributed by atoms with Crippen LogP contribution in [0.5, 0.6) is 0 Å². The Morgan fingerprint density at radius 3 is 2.44 bits per heavy atom. The Hall–Kier alpha value is -1.84. The van der Waals surface area contributed by atoms with Gasteiger partial charge in [0.1, 0.15) is 13.2 Å². The molecule has 27 heavy (non-hydrogen) atoms. The van der Waals surface area contributed by atoms with E-state index in [9.17, 15) is 4.79 Å². The highest BCUT2D eigenvalue weighted by molar-refractivity contribution is 6.09. The van der Waals surface area contributed by atoms with Gasteiger partial charge in [-0.15, -0.1) is 0 Å². The quantitative estimate of drug-likeness (QED) is 0.398. The van der Waals surface area contributed by atoms with Gasteiger partial charge < -0.3 is 9.57 Å². The largest absolute Gasteiger partial charge is 0.461 e. The van der Waals surface area contributed by atoms with Crippen molar-refractivity contribution in [1.82, 2.24) is 0 Å². The first-order valence-corrected chi connectivity index (χ1v) is 10.2. The fourth-order valence-electron chi connectivity index (χ4n) is 5.17. The Bertz CT molecular complexity index is 674. The van der Waals surface area contributed by atoms with E-state index < -0.39 is 0 Å². The van der Waals surface area contributed by atoms with Crippen molar-refractivity contribution in [3.05, 3.63) is 35.9 Å². The van der Waals surface area contributed by atoms with E-state index in [4.69, 9.17) is 9.57 Å². The smallest absolute Gasteiger partial charge is 0.312 e. The molecule has 1 spiro atoms. The summed E-state index contributed by atoms with van der Waals surface area (Å²) in [5, 5.41) is 4.07. The number of nitrogens with zero attached hydrogens (tertiary/aromatic N) is 1. The lowest BCUT2D eigenvalue weighted by Crippen LogP contribution is -2.38. The molecule has 0 N–H and O–H groups in total. The number of hydrogen-bond acceptors (Lipinski definition) is 4. The second kappa shape index (κ2) is 8.04. The molecular formula is C23H33NO3. The zero-order valence-electron chi connectivity index (χ0n) is 17.3. The predicted octanol–water partition coefficient (Wildman–Crippen LogP) is 5.07. The summed E-state index contributed by atoms with van der Waals surface area (Å²) in [5.41, 5.74) is 1.69. The van der Waals surface area contributed by atoms with Crippen molar-refractivity contribution in [2.75, 3.05) is 7.11 Å². The Morgan fingerprint density at radius 1 is 1.22 bits per heavy atom. The van der Waals surface area contributed by atoms with Gasteiger partial charge in [0.15, 0.2) is 0 Å². The van der Waals surface area contributed by atoms with Gasteiger partial charge in [0.2, 0.25) is 0 Å². The summed E-state index contributed by atoms with van der Waals surface area (Å²) in [4.78, 5) is 17.8. The molecule has 0 bridgehead atoms. The van der Waals surface area contributed by atoms with E-state index >= 15 is 0 Å². The summed E-state index contributed by atoms with van der Waals surface area (Å²) in [6, 6.07) is 9.69. The Labute approximate surface area is 163 Å². The highest BCUT2D eigenvalue weighted by Gasteiger charge is 2.65. The van der Waals surface area contributed by atoms with E-state index in [0.717, 1.165) is 12.0 Å². The van der Waals surface area contributed by atoms with Gasteiger partial charge >= 0.3 is 5.97 Å². The van der Waals surface area contributed by atoms with Gasteiger partial charge in [0, 0.05) is 5.41 Å². The minimum atomic E-state index is -0.199. The molecule has 0 aliphatic heterocycles. The molecular weight excluding hydrogens is 338 g/mol. The van der Waals surface area contributed by atoms with Gasteiger partial charge in [-0.3, -0.25) is 4.79 Å². The molecule has 0 aromatic heterocycles. The van der Waals surface area contributed by atoms with Crippen molar-refractivity contribution >= 4 is 11.7 Å². The topological polar surface area (TPSA) is 47.9 Å². The zero-order valence-corrected chi connectivity index (χ0v) is 17.3. The lowest BCUT2D eigenvalue weighted by Gasteiger charge is -2.39. The van der Waals surface area contributed by atoms with Crippen LogP contribution in [0.2, 0.25) is 0 Å². The zero-order chi connectivity index (χ0) is 19.6. The summed E-state index contributed by atoms with van der Waals surface area (Å²) in [7, 11) is 1.51. The number of benzene rings is 1. The molecule has 2 saturated carbocycles. The number of ether oxygens (including phenoxy) is 1. The van der Waals surface area contributed by atoms with Crippen molar-refractivity contribution in [2.45, 2.75) is 59.5 Å². The SMILES string of the molecule is CO/N=C(/CC(=O)OC1C[C@H](C(C)C)CCC12C(C)C2C)c1ccccc1.